The molecule has 1 amide bonds. The second-order valence-corrected chi connectivity index (χ2v) is 6.97. The van der Waals surface area contributed by atoms with Gasteiger partial charge in [0, 0.05) is 20.8 Å². The van der Waals surface area contributed by atoms with E-state index in [1.807, 2.05) is 0 Å². The van der Waals surface area contributed by atoms with E-state index in [2.05, 4.69) is 16.0 Å². The lowest BCUT2D eigenvalue weighted by Crippen LogP contribution is -2.71. The van der Waals surface area contributed by atoms with Gasteiger partial charge in [0.15, 0.2) is 18.4 Å². The van der Waals surface area contributed by atoms with Gasteiger partial charge in [0.1, 0.15) is 25.0 Å². The van der Waals surface area contributed by atoms with Gasteiger partial charge in [0.05, 0.1) is 12.8 Å². The number of carbonyl (C=O) groups is 4. The minimum atomic E-state index is -1.01. The zero-order chi connectivity index (χ0) is 21.3. The number of nitrogens with two attached hydrogens (primary N) is 1. The van der Waals surface area contributed by atoms with Crippen LogP contribution in [0.3, 0.4) is 0 Å². The molecular weight excluding hydrogens is 390 g/mol. The van der Waals surface area contributed by atoms with Crippen LogP contribution in [-0.4, -0.2) is 85.0 Å². The minimum Gasteiger partial charge on any atom is -0.463 e. The molecule has 0 bridgehead atoms. The molecule has 3 aliphatic heterocycles. The molecule has 0 spiro atoms. The fraction of sp³-hybridized carbons (Fsp3) is 0.750. The highest BCUT2D eigenvalue weighted by molar-refractivity contribution is 5.84. The average molecular weight is 415 g/mol. The fourth-order valence-electron chi connectivity index (χ4n) is 3.71. The van der Waals surface area contributed by atoms with Gasteiger partial charge in [-0.2, -0.15) is 0 Å². The molecule has 0 aromatic heterocycles. The maximum absolute atomic E-state index is 12.2. The molecule has 3 saturated heterocycles. The second-order valence-electron chi connectivity index (χ2n) is 6.97. The van der Waals surface area contributed by atoms with Gasteiger partial charge in [-0.05, 0) is 0 Å². The van der Waals surface area contributed by atoms with Crippen LogP contribution in [0.4, 0.5) is 0 Å². The van der Waals surface area contributed by atoms with Crippen molar-refractivity contribution >= 4 is 23.8 Å². The standard InChI is InChI=1S/C16H25N5O8/c1-6(22)26-4-9-11(27-7(2)23)12(28-8(3)24)15(29-9)21-5-18-10-13(21)19-16(17)20-14(10)25/h9-13,15-16,18-19H,4-5,17H2,1-3H3,(H,20,25)/t9-,10?,11-,12-,13?,15-,16?/m1/s1. The largest absolute Gasteiger partial charge is 0.463 e. The van der Waals surface area contributed by atoms with Gasteiger partial charge < -0.3 is 24.3 Å². The molecule has 29 heavy (non-hydrogen) atoms. The summed E-state index contributed by atoms with van der Waals surface area (Å²) in [5.41, 5.74) is 5.81. The normalized spacial score (nSPS) is 36.8. The zero-order valence-corrected chi connectivity index (χ0v) is 16.2. The molecule has 3 aliphatic rings. The van der Waals surface area contributed by atoms with E-state index in [1.165, 1.54) is 20.8 Å². The van der Waals surface area contributed by atoms with Crippen molar-refractivity contribution in [3.8, 4) is 0 Å². The maximum atomic E-state index is 12.2. The van der Waals surface area contributed by atoms with Crippen LogP contribution in [-0.2, 0) is 38.1 Å². The summed E-state index contributed by atoms with van der Waals surface area (Å²) >= 11 is 0. The summed E-state index contributed by atoms with van der Waals surface area (Å²) < 4.78 is 21.7. The van der Waals surface area contributed by atoms with Crippen LogP contribution in [0.1, 0.15) is 20.8 Å². The number of carbonyl (C=O) groups excluding carboxylic acids is 4. The third-order valence-corrected chi connectivity index (χ3v) is 4.76. The summed E-state index contributed by atoms with van der Waals surface area (Å²) in [5.74, 6) is -2.05. The highest BCUT2D eigenvalue weighted by atomic mass is 16.7. The van der Waals surface area contributed by atoms with Crippen LogP contribution in [0, 0.1) is 0 Å². The summed E-state index contributed by atoms with van der Waals surface area (Å²) in [6, 6.07) is -0.615. The van der Waals surface area contributed by atoms with Gasteiger partial charge in [0.25, 0.3) is 0 Å². The Kier molecular flexibility index (Phi) is 6.33. The van der Waals surface area contributed by atoms with E-state index in [9.17, 15) is 19.2 Å². The van der Waals surface area contributed by atoms with Crippen molar-refractivity contribution in [2.45, 2.75) is 63.8 Å². The lowest BCUT2D eigenvalue weighted by atomic mass is 10.1. The number of nitrogens with one attached hydrogen (secondary N) is 3. The van der Waals surface area contributed by atoms with E-state index >= 15 is 0 Å². The number of amides is 1. The van der Waals surface area contributed by atoms with Crippen molar-refractivity contribution in [3.05, 3.63) is 0 Å². The number of hydrogen-bond acceptors (Lipinski definition) is 12. The van der Waals surface area contributed by atoms with Gasteiger partial charge in [-0.3, -0.25) is 35.5 Å². The third kappa shape index (κ3) is 4.64. The van der Waals surface area contributed by atoms with Crippen molar-refractivity contribution in [1.29, 1.82) is 0 Å². The lowest BCUT2D eigenvalue weighted by molar-refractivity contribution is -0.169. The van der Waals surface area contributed by atoms with Gasteiger partial charge in [-0.25, -0.2) is 4.90 Å². The van der Waals surface area contributed by atoms with Crippen LogP contribution < -0.4 is 21.7 Å². The quantitative estimate of drug-likeness (QED) is 0.260. The van der Waals surface area contributed by atoms with E-state index in [1.54, 1.807) is 4.90 Å². The van der Waals surface area contributed by atoms with Crippen LogP contribution in [0.5, 0.6) is 0 Å². The van der Waals surface area contributed by atoms with Crippen molar-refractivity contribution in [2.24, 2.45) is 5.73 Å². The molecule has 0 saturated carbocycles. The van der Waals surface area contributed by atoms with E-state index in [-0.39, 0.29) is 19.2 Å². The smallest absolute Gasteiger partial charge is 0.303 e. The molecule has 3 fully saturated rings. The molecule has 0 aromatic rings. The Morgan fingerprint density at radius 3 is 2.41 bits per heavy atom. The monoisotopic (exact) mass is 415 g/mol. The Morgan fingerprint density at radius 1 is 1.14 bits per heavy atom. The number of ether oxygens (including phenoxy) is 4. The lowest BCUT2D eigenvalue weighted by Gasteiger charge is -2.38. The number of fused-ring (bicyclic) bond motifs is 1. The molecule has 5 N–H and O–H groups in total. The van der Waals surface area contributed by atoms with E-state index in [0.717, 1.165) is 0 Å². The molecule has 0 radical (unpaired) electrons. The number of hydrogen-bond donors (Lipinski definition) is 4. The summed E-state index contributed by atoms with van der Waals surface area (Å²) in [6.45, 7) is 3.66. The molecule has 0 aromatic carbocycles. The predicted molar refractivity (Wildman–Crippen MR) is 93.1 cm³/mol. The summed E-state index contributed by atoms with van der Waals surface area (Å²) in [4.78, 5) is 48.5. The van der Waals surface area contributed by atoms with E-state index in [4.69, 9.17) is 24.7 Å². The highest BCUT2D eigenvalue weighted by Gasteiger charge is 2.56. The molecule has 3 heterocycles. The Balaban J connectivity index is 1.86. The van der Waals surface area contributed by atoms with Crippen molar-refractivity contribution in [3.63, 3.8) is 0 Å². The first-order valence-corrected chi connectivity index (χ1v) is 9.11. The predicted octanol–water partition coefficient (Wildman–Crippen LogP) is -3.34. The van der Waals surface area contributed by atoms with Crippen LogP contribution in [0.2, 0.25) is 0 Å². The van der Waals surface area contributed by atoms with Gasteiger partial charge >= 0.3 is 17.9 Å². The molecule has 13 nitrogen and oxygen atoms in total. The Morgan fingerprint density at radius 2 is 1.79 bits per heavy atom. The number of nitrogens with zero attached hydrogens (tertiary/aromatic N) is 1. The van der Waals surface area contributed by atoms with Crippen LogP contribution >= 0.6 is 0 Å². The summed E-state index contributed by atoms with van der Waals surface area (Å²) in [7, 11) is 0. The van der Waals surface area contributed by atoms with Crippen molar-refractivity contribution in [1.82, 2.24) is 20.9 Å². The Labute approximate surface area is 166 Å². The minimum absolute atomic E-state index is 0.204. The van der Waals surface area contributed by atoms with Gasteiger partial charge in [0.2, 0.25) is 5.91 Å². The van der Waals surface area contributed by atoms with Gasteiger partial charge in [-0.15, -0.1) is 0 Å². The number of esters is 3. The molecule has 162 valence electrons. The third-order valence-electron chi connectivity index (χ3n) is 4.76. The number of rotatable bonds is 5. The summed E-state index contributed by atoms with van der Waals surface area (Å²) in [5, 5.41) is 8.63. The van der Waals surface area contributed by atoms with Gasteiger partial charge in [-0.1, -0.05) is 0 Å². The molecule has 3 unspecified atom stereocenters. The second kappa shape index (κ2) is 8.59. The topological polar surface area (TPSA) is 171 Å². The Hall–Kier alpha value is -2.32. The van der Waals surface area contributed by atoms with Crippen molar-refractivity contribution < 1.29 is 38.1 Å². The highest BCUT2D eigenvalue weighted by Crippen LogP contribution is 2.32. The molecule has 3 rings (SSSR count). The first-order valence-electron chi connectivity index (χ1n) is 9.11. The van der Waals surface area contributed by atoms with E-state index in [0.29, 0.717) is 0 Å². The SMILES string of the molecule is CC(=O)OC[C@H]1O[C@@H](N2CNC3C(=O)NC(N)NC32)[C@H](OC(C)=O)[C@@H]1OC(C)=O. The maximum Gasteiger partial charge on any atom is 0.303 e. The Bertz CT molecular complexity index is 690. The van der Waals surface area contributed by atoms with E-state index < -0.39 is 60.9 Å². The average Bonchev–Trinajstić information content (AvgIpc) is 3.15. The molecule has 0 aliphatic carbocycles. The first-order chi connectivity index (χ1) is 13.7. The fourth-order valence-corrected chi connectivity index (χ4v) is 3.71. The molecule has 7 atom stereocenters. The zero-order valence-electron chi connectivity index (χ0n) is 16.2. The molecule has 13 heteroatoms. The molecular formula is C16H25N5O8. The van der Waals surface area contributed by atoms with Crippen molar-refractivity contribution in [2.75, 3.05) is 13.3 Å². The van der Waals surface area contributed by atoms with Crippen LogP contribution in [0.25, 0.3) is 0 Å². The van der Waals surface area contributed by atoms with Crippen LogP contribution in [0.15, 0.2) is 0 Å². The first kappa shape index (κ1) is 21.4. The summed E-state index contributed by atoms with van der Waals surface area (Å²) in [6.07, 6.45) is -5.13.